The lowest BCUT2D eigenvalue weighted by Gasteiger charge is -2.16. The van der Waals surface area contributed by atoms with Crippen LogP contribution in [0.4, 0.5) is 10.5 Å². The van der Waals surface area contributed by atoms with Gasteiger partial charge in [0.05, 0.1) is 18.4 Å². The van der Waals surface area contributed by atoms with Crippen LogP contribution in [0.1, 0.15) is 34.3 Å². The Morgan fingerprint density at radius 2 is 1.60 bits per heavy atom. The summed E-state index contributed by atoms with van der Waals surface area (Å²) in [4.78, 5) is 41.0. The Balaban J connectivity index is 1.47. The third-order valence-electron chi connectivity index (χ3n) is 5.73. The molecule has 0 saturated heterocycles. The van der Waals surface area contributed by atoms with Gasteiger partial charge in [-0.3, -0.25) is 14.9 Å². The van der Waals surface area contributed by atoms with Crippen LogP contribution >= 0.6 is 0 Å². The molecule has 0 aliphatic heterocycles. The van der Waals surface area contributed by atoms with Crippen molar-refractivity contribution in [2.45, 2.75) is 18.9 Å². The molecule has 0 aromatic heterocycles. The Kier molecular flexibility index (Phi) is 6.98. The Bertz CT molecular complexity index is 1230. The standard InChI is InChI=1S/C26H24N2O7/c1-15(25(30)31)35-28-24(29)21-12-11-16(33-2)13-23(21)27-26(32)34-14-22-19-9-5-3-7-17(19)18-8-4-6-10-20(18)22/h3-13,15,22H,14H2,1-2H3,(H,27,32)(H,28,29)(H,30,31). The van der Waals surface area contributed by atoms with Crippen LogP contribution in [0.5, 0.6) is 5.75 Å². The number of hydroxylamine groups is 1. The van der Waals surface area contributed by atoms with Gasteiger partial charge in [0, 0.05) is 12.0 Å². The van der Waals surface area contributed by atoms with Gasteiger partial charge in [-0.25, -0.2) is 15.1 Å². The highest BCUT2D eigenvalue weighted by Crippen LogP contribution is 2.44. The molecule has 1 aliphatic carbocycles. The van der Waals surface area contributed by atoms with Gasteiger partial charge in [-0.05, 0) is 41.3 Å². The maximum absolute atomic E-state index is 12.7. The predicted octanol–water partition coefficient (Wildman–Crippen LogP) is 4.19. The van der Waals surface area contributed by atoms with E-state index >= 15 is 0 Å². The van der Waals surface area contributed by atoms with Crippen LogP contribution in [-0.2, 0) is 14.4 Å². The zero-order chi connectivity index (χ0) is 24.9. The molecule has 180 valence electrons. The Morgan fingerprint density at radius 3 is 2.20 bits per heavy atom. The van der Waals surface area contributed by atoms with Crippen LogP contribution < -0.4 is 15.5 Å². The van der Waals surface area contributed by atoms with Gasteiger partial charge in [-0.2, -0.15) is 0 Å². The molecule has 1 atom stereocenters. The summed E-state index contributed by atoms with van der Waals surface area (Å²) in [5.41, 5.74) is 6.61. The van der Waals surface area contributed by atoms with Crippen molar-refractivity contribution in [1.29, 1.82) is 0 Å². The second kappa shape index (κ2) is 10.3. The lowest BCUT2D eigenvalue weighted by atomic mass is 9.98. The molecule has 1 unspecified atom stereocenters. The molecule has 2 amide bonds. The second-order valence-electron chi connectivity index (χ2n) is 7.89. The molecule has 4 rings (SSSR count). The van der Waals surface area contributed by atoms with Gasteiger partial charge in [0.1, 0.15) is 12.4 Å². The van der Waals surface area contributed by atoms with Crippen LogP contribution in [0, 0.1) is 0 Å². The summed E-state index contributed by atoms with van der Waals surface area (Å²) in [6.07, 6.45) is -2.01. The predicted molar refractivity (Wildman–Crippen MR) is 127 cm³/mol. The van der Waals surface area contributed by atoms with Gasteiger partial charge in [0.2, 0.25) is 0 Å². The zero-order valence-corrected chi connectivity index (χ0v) is 19.1. The minimum absolute atomic E-state index is 0.0388. The Labute approximate surface area is 201 Å². The number of aliphatic carboxylic acids is 1. The van der Waals surface area contributed by atoms with Crippen molar-refractivity contribution in [2.24, 2.45) is 0 Å². The van der Waals surface area contributed by atoms with Gasteiger partial charge < -0.3 is 14.6 Å². The van der Waals surface area contributed by atoms with Crippen LogP contribution in [0.3, 0.4) is 0 Å². The average Bonchev–Trinajstić information content (AvgIpc) is 3.19. The molecule has 35 heavy (non-hydrogen) atoms. The lowest BCUT2D eigenvalue weighted by molar-refractivity contribution is -0.152. The van der Waals surface area contributed by atoms with Crippen molar-refractivity contribution in [3.63, 3.8) is 0 Å². The van der Waals surface area contributed by atoms with Gasteiger partial charge in [-0.1, -0.05) is 48.5 Å². The van der Waals surface area contributed by atoms with E-state index in [1.165, 1.54) is 32.2 Å². The fourth-order valence-corrected chi connectivity index (χ4v) is 3.94. The van der Waals surface area contributed by atoms with E-state index < -0.39 is 24.1 Å². The molecule has 0 bridgehead atoms. The van der Waals surface area contributed by atoms with Crippen molar-refractivity contribution >= 4 is 23.7 Å². The maximum Gasteiger partial charge on any atom is 0.411 e. The molecule has 3 aromatic carbocycles. The summed E-state index contributed by atoms with van der Waals surface area (Å²) in [5.74, 6) is -1.70. The summed E-state index contributed by atoms with van der Waals surface area (Å²) in [5, 5.41) is 11.5. The van der Waals surface area contributed by atoms with Gasteiger partial charge in [0.25, 0.3) is 5.91 Å². The summed E-state index contributed by atoms with van der Waals surface area (Å²) >= 11 is 0. The van der Waals surface area contributed by atoms with E-state index in [9.17, 15) is 14.4 Å². The fraction of sp³-hybridized carbons (Fsp3) is 0.192. The van der Waals surface area contributed by atoms with Crippen LogP contribution in [0.2, 0.25) is 0 Å². The number of nitrogens with one attached hydrogen (secondary N) is 2. The Morgan fingerprint density at radius 1 is 0.971 bits per heavy atom. The van der Waals surface area contributed by atoms with E-state index in [1.54, 1.807) is 0 Å². The summed E-state index contributed by atoms with van der Waals surface area (Å²) in [7, 11) is 1.45. The van der Waals surface area contributed by atoms with E-state index in [4.69, 9.17) is 19.4 Å². The fourth-order valence-electron chi connectivity index (χ4n) is 3.94. The van der Waals surface area contributed by atoms with Crippen LogP contribution in [0.15, 0.2) is 66.7 Å². The van der Waals surface area contributed by atoms with Crippen molar-refractivity contribution in [1.82, 2.24) is 5.48 Å². The number of carbonyl (C=O) groups is 3. The third kappa shape index (κ3) is 5.10. The summed E-state index contributed by atoms with van der Waals surface area (Å²) in [6, 6.07) is 20.4. The number of hydrogen-bond acceptors (Lipinski definition) is 6. The third-order valence-corrected chi connectivity index (χ3v) is 5.73. The molecule has 9 heteroatoms. The summed E-state index contributed by atoms with van der Waals surface area (Å²) in [6.45, 7) is 1.37. The minimum atomic E-state index is -1.25. The lowest BCUT2D eigenvalue weighted by Crippen LogP contribution is -2.33. The number of fused-ring (bicyclic) bond motifs is 3. The quantitative estimate of drug-likeness (QED) is 0.417. The van der Waals surface area contributed by atoms with Gasteiger partial charge in [-0.15, -0.1) is 0 Å². The first kappa shape index (κ1) is 23.8. The molecular weight excluding hydrogens is 452 g/mol. The maximum atomic E-state index is 12.7. The molecule has 0 saturated carbocycles. The molecular formula is C26H24N2O7. The smallest absolute Gasteiger partial charge is 0.411 e. The van der Waals surface area contributed by atoms with E-state index in [2.05, 4.69) is 10.8 Å². The number of rotatable bonds is 8. The number of amides is 2. The number of ether oxygens (including phenoxy) is 2. The highest BCUT2D eigenvalue weighted by atomic mass is 16.7. The van der Waals surface area contributed by atoms with E-state index in [1.807, 2.05) is 48.5 Å². The van der Waals surface area contributed by atoms with E-state index in [0.717, 1.165) is 22.3 Å². The topological polar surface area (TPSA) is 123 Å². The zero-order valence-electron chi connectivity index (χ0n) is 19.1. The number of carbonyl (C=O) groups excluding carboxylic acids is 2. The van der Waals surface area contributed by atoms with Gasteiger partial charge >= 0.3 is 12.1 Å². The molecule has 3 aromatic rings. The number of carboxylic acids is 1. The monoisotopic (exact) mass is 476 g/mol. The molecule has 0 heterocycles. The van der Waals surface area contributed by atoms with E-state index in [-0.39, 0.29) is 23.8 Å². The van der Waals surface area contributed by atoms with Crippen molar-refractivity contribution < 1.29 is 33.8 Å². The average molecular weight is 476 g/mol. The van der Waals surface area contributed by atoms with Gasteiger partial charge in [0.15, 0.2) is 6.10 Å². The minimum Gasteiger partial charge on any atom is -0.497 e. The molecule has 9 nitrogen and oxygen atoms in total. The number of anilines is 1. The molecule has 0 fully saturated rings. The van der Waals surface area contributed by atoms with Crippen molar-refractivity contribution in [3.8, 4) is 16.9 Å². The SMILES string of the molecule is COc1ccc(C(=O)NOC(C)C(=O)O)c(NC(=O)OCC2c3ccccc3-c3ccccc32)c1. The van der Waals surface area contributed by atoms with Crippen LogP contribution in [-0.4, -0.2) is 42.9 Å². The molecule has 1 aliphatic rings. The molecule has 0 radical (unpaired) electrons. The largest absolute Gasteiger partial charge is 0.497 e. The first-order chi connectivity index (χ1) is 16.9. The summed E-state index contributed by atoms with van der Waals surface area (Å²) < 4.78 is 10.7. The number of carboxylic acid groups (broad SMARTS) is 1. The highest BCUT2D eigenvalue weighted by molar-refractivity contribution is 6.02. The second-order valence-corrected chi connectivity index (χ2v) is 7.89. The first-order valence-corrected chi connectivity index (χ1v) is 10.9. The van der Waals surface area contributed by atoms with Crippen molar-refractivity contribution in [3.05, 3.63) is 83.4 Å². The molecule has 0 spiro atoms. The normalized spacial score (nSPS) is 12.7. The number of benzene rings is 3. The van der Waals surface area contributed by atoms with Crippen LogP contribution in [0.25, 0.3) is 11.1 Å². The van der Waals surface area contributed by atoms with E-state index in [0.29, 0.717) is 5.75 Å². The number of methoxy groups -OCH3 is 1. The highest BCUT2D eigenvalue weighted by Gasteiger charge is 2.29. The number of hydrogen-bond donors (Lipinski definition) is 3. The molecule has 3 N–H and O–H groups in total. The Hall–Kier alpha value is -4.37. The van der Waals surface area contributed by atoms with Crippen molar-refractivity contribution in [2.75, 3.05) is 19.0 Å². The first-order valence-electron chi connectivity index (χ1n) is 10.9.